The summed E-state index contributed by atoms with van der Waals surface area (Å²) < 4.78 is 0. The monoisotopic (exact) mass is 384 g/mol. The first-order valence-electron chi connectivity index (χ1n) is 11.1. The maximum Gasteiger partial charge on any atom is 0.315 e. The summed E-state index contributed by atoms with van der Waals surface area (Å²) >= 11 is 0. The number of nitrogens with one attached hydrogen (secondary N) is 2. The molecule has 1 aromatic rings. The van der Waals surface area contributed by atoms with E-state index in [9.17, 15) is 4.79 Å². The van der Waals surface area contributed by atoms with Gasteiger partial charge < -0.3 is 10.6 Å². The number of fused-ring (bicyclic) bond motifs is 3. The molecule has 2 aliphatic rings. The summed E-state index contributed by atoms with van der Waals surface area (Å²) in [5, 5.41) is 6.24. The molecular formula is C25H40N2O. The number of benzene rings is 1. The van der Waals surface area contributed by atoms with E-state index < -0.39 is 0 Å². The largest absolute Gasteiger partial charge is 0.338 e. The molecule has 2 aliphatic carbocycles. The van der Waals surface area contributed by atoms with Crippen LogP contribution in [0.4, 0.5) is 4.79 Å². The summed E-state index contributed by atoms with van der Waals surface area (Å²) in [5.41, 5.74) is 4.75. The van der Waals surface area contributed by atoms with Crippen molar-refractivity contribution in [2.45, 2.75) is 97.4 Å². The van der Waals surface area contributed by atoms with Gasteiger partial charge in [0.25, 0.3) is 0 Å². The van der Waals surface area contributed by atoms with Crippen LogP contribution in [-0.4, -0.2) is 18.1 Å². The first-order valence-corrected chi connectivity index (χ1v) is 11.1. The topological polar surface area (TPSA) is 41.1 Å². The van der Waals surface area contributed by atoms with Crippen LogP contribution < -0.4 is 10.6 Å². The van der Waals surface area contributed by atoms with Crippen molar-refractivity contribution in [3.05, 3.63) is 34.9 Å². The zero-order chi connectivity index (χ0) is 20.7. The van der Waals surface area contributed by atoms with Gasteiger partial charge >= 0.3 is 6.03 Å². The van der Waals surface area contributed by atoms with Crippen molar-refractivity contribution in [3.63, 3.8) is 0 Å². The molecule has 0 radical (unpaired) electrons. The predicted molar refractivity (Wildman–Crippen MR) is 118 cm³/mol. The lowest BCUT2D eigenvalue weighted by Crippen LogP contribution is -2.55. The van der Waals surface area contributed by atoms with Crippen molar-refractivity contribution in [2.24, 2.45) is 11.3 Å². The molecule has 0 aliphatic heterocycles. The summed E-state index contributed by atoms with van der Waals surface area (Å²) in [7, 11) is 0. The van der Waals surface area contributed by atoms with Crippen LogP contribution >= 0.6 is 0 Å². The van der Waals surface area contributed by atoms with Crippen molar-refractivity contribution in [2.75, 3.05) is 6.54 Å². The first kappa shape index (κ1) is 21.2. The van der Waals surface area contributed by atoms with Crippen molar-refractivity contribution in [1.29, 1.82) is 0 Å². The fourth-order valence-corrected chi connectivity index (χ4v) is 5.88. The Labute approximate surface area is 172 Å². The van der Waals surface area contributed by atoms with Gasteiger partial charge in [-0.1, -0.05) is 52.3 Å². The Bertz CT molecular complexity index is 733. The van der Waals surface area contributed by atoms with Gasteiger partial charge in [0.2, 0.25) is 0 Å². The Morgan fingerprint density at radius 3 is 2.57 bits per heavy atom. The third kappa shape index (κ3) is 4.09. The van der Waals surface area contributed by atoms with Crippen LogP contribution in [0.1, 0.15) is 96.8 Å². The van der Waals surface area contributed by atoms with E-state index >= 15 is 0 Å². The third-order valence-electron chi connectivity index (χ3n) is 7.31. The van der Waals surface area contributed by atoms with Crippen LogP contribution in [-0.2, 0) is 11.8 Å². The number of urea groups is 1. The SMILES string of the molecule is CC(C)c1ccc2c(c1)CCC1C(C)(CNC(=O)NC(C)(C)C)CCCC21C. The number of carbonyl (C=O) groups excluding carboxylic acids is 1. The highest BCUT2D eigenvalue weighted by Gasteiger charge is 2.51. The van der Waals surface area contributed by atoms with Gasteiger partial charge in [-0.05, 0) is 85.8 Å². The zero-order valence-corrected chi connectivity index (χ0v) is 19.0. The van der Waals surface area contributed by atoms with Crippen LogP contribution in [0.25, 0.3) is 0 Å². The Morgan fingerprint density at radius 1 is 1.21 bits per heavy atom. The first-order chi connectivity index (χ1) is 12.9. The highest BCUT2D eigenvalue weighted by Crippen LogP contribution is 2.57. The number of amides is 2. The maximum absolute atomic E-state index is 12.4. The van der Waals surface area contributed by atoms with E-state index in [1.54, 1.807) is 11.1 Å². The Kier molecular flexibility index (Phi) is 5.59. The molecule has 1 aromatic carbocycles. The molecule has 3 nitrogen and oxygen atoms in total. The van der Waals surface area contributed by atoms with E-state index in [1.807, 2.05) is 20.8 Å². The van der Waals surface area contributed by atoms with E-state index in [-0.39, 0.29) is 22.4 Å². The van der Waals surface area contributed by atoms with Crippen LogP contribution in [0.15, 0.2) is 18.2 Å². The fourth-order valence-electron chi connectivity index (χ4n) is 5.88. The zero-order valence-electron chi connectivity index (χ0n) is 19.0. The summed E-state index contributed by atoms with van der Waals surface area (Å²) in [6.45, 7) is 16.3. The molecule has 3 heteroatoms. The molecule has 0 aromatic heterocycles. The summed E-state index contributed by atoms with van der Waals surface area (Å²) in [6.07, 6.45) is 6.08. The van der Waals surface area contributed by atoms with E-state index in [1.165, 1.54) is 37.7 Å². The highest BCUT2D eigenvalue weighted by atomic mass is 16.2. The molecular weight excluding hydrogens is 344 g/mol. The lowest BCUT2D eigenvalue weighted by atomic mass is 9.49. The van der Waals surface area contributed by atoms with E-state index in [2.05, 4.69) is 56.5 Å². The van der Waals surface area contributed by atoms with Gasteiger partial charge in [0.05, 0.1) is 0 Å². The molecule has 28 heavy (non-hydrogen) atoms. The number of aryl methyl sites for hydroxylation is 1. The minimum atomic E-state index is -0.204. The molecule has 0 heterocycles. The second-order valence-electron chi connectivity index (χ2n) is 11.1. The molecule has 156 valence electrons. The molecule has 2 N–H and O–H groups in total. The van der Waals surface area contributed by atoms with Crippen LogP contribution in [0.2, 0.25) is 0 Å². The second-order valence-corrected chi connectivity index (χ2v) is 11.1. The van der Waals surface area contributed by atoms with Crippen LogP contribution in [0, 0.1) is 11.3 Å². The lowest BCUT2D eigenvalue weighted by Gasteiger charge is -2.55. The molecule has 2 amide bonds. The molecule has 1 saturated carbocycles. The predicted octanol–water partition coefficient (Wildman–Crippen LogP) is 5.92. The van der Waals surface area contributed by atoms with Crippen LogP contribution in [0.5, 0.6) is 0 Å². The number of rotatable bonds is 3. The number of carbonyl (C=O) groups is 1. The van der Waals surface area contributed by atoms with Crippen molar-refractivity contribution in [1.82, 2.24) is 10.6 Å². The van der Waals surface area contributed by atoms with Gasteiger partial charge in [0.15, 0.2) is 0 Å². The summed E-state index contributed by atoms with van der Waals surface area (Å²) in [6, 6.07) is 7.18. The van der Waals surface area contributed by atoms with Gasteiger partial charge in [0, 0.05) is 12.1 Å². The van der Waals surface area contributed by atoms with Crippen LogP contribution in [0.3, 0.4) is 0 Å². The third-order valence-corrected chi connectivity index (χ3v) is 7.31. The number of hydrogen-bond acceptors (Lipinski definition) is 1. The molecule has 0 bridgehead atoms. The second kappa shape index (κ2) is 7.39. The van der Waals surface area contributed by atoms with E-state index in [0.717, 1.165) is 6.54 Å². The quantitative estimate of drug-likeness (QED) is 0.667. The Morgan fingerprint density at radius 2 is 1.93 bits per heavy atom. The van der Waals surface area contributed by atoms with E-state index in [4.69, 9.17) is 0 Å². The summed E-state index contributed by atoms with van der Waals surface area (Å²) in [4.78, 5) is 12.4. The van der Waals surface area contributed by atoms with Gasteiger partial charge in [-0.25, -0.2) is 4.79 Å². The molecule has 3 atom stereocenters. The smallest absolute Gasteiger partial charge is 0.315 e. The highest BCUT2D eigenvalue weighted by molar-refractivity contribution is 5.74. The normalized spacial score (nSPS) is 29.8. The fraction of sp³-hybridized carbons (Fsp3) is 0.720. The molecule has 3 rings (SSSR count). The average Bonchev–Trinajstić information content (AvgIpc) is 2.58. The van der Waals surface area contributed by atoms with Gasteiger partial charge in [0.1, 0.15) is 0 Å². The van der Waals surface area contributed by atoms with E-state index in [0.29, 0.717) is 11.8 Å². The van der Waals surface area contributed by atoms with Crippen molar-refractivity contribution >= 4 is 6.03 Å². The minimum Gasteiger partial charge on any atom is -0.338 e. The van der Waals surface area contributed by atoms with Crippen molar-refractivity contribution in [3.8, 4) is 0 Å². The molecule has 1 fully saturated rings. The number of hydrogen-bond donors (Lipinski definition) is 2. The Balaban J connectivity index is 1.82. The Hall–Kier alpha value is -1.51. The maximum atomic E-state index is 12.4. The van der Waals surface area contributed by atoms with Gasteiger partial charge in [-0.2, -0.15) is 0 Å². The molecule has 3 unspecified atom stereocenters. The minimum absolute atomic E-state index is 0.0428. The average molecular weight is 385 g/mol. The molecule has 0 spiro atoms. The summed E-state index contributed by atoms with van der Waals surface area (Å²) in [5.74, 6) is 1.19. The standard InChI is InChI=1S/C25H40N2O/c1-17(2)18-9-11-20-19(15-18)10-12-21-24(6,13-8-14-25(20,21)7)16-26-22(28)27-23(3,4)5/h9,11,15,17,21H,8,10,12-14,16H2,1-7H3,(H2,26,27,28). The van der Waals surface area contributed by atoms with Crippen molar-refractivity contribution < 1.29 is 4.79 Å². The van der Waals surface area contributed by atoms with Gasteiger partial charge in [-0.15, -0.1) is 0 Å². The lowest BCUT2D eigenvalue weighted by molar-refractivity contribution is 0.0277. The molecule has 0 saturated heterocycles. The van der Waals surface area contributed by atoms with Gasteiger partial charge in [-0.3, -0.25) is 0 Å².